The van der Waals surface area contributed by atoms with Gasteiger partial charge in [-0.3, -0.25) is 28.0 Å². The van der Waals surface area contributed by atoms with Crippen molar-refractivity contribution in [2.75, 3.05) is 20.3 Å². The number of esters is 1. The number of rotatable bonds is 76. The Bertz CT molecular complexity index is 4350. The predicted octanol–water partition coefficient (Wildman–Crippen LogP) is 28.5. The molecule has 3 aliphatic heterocycles. The second-order valence-electron chi connectivity index (χ2n) is 38.5. The van der Waals surface area contributed by atoms with Gasteiger partial charge in [-0.1, -0.05) is 465 Å². The van der Waals surface area contributed by atoms with Crippen LogP contribution in [-0.4, -0.2) is 118 Å². The molecule has 22 nitrogen and oxygen atoms in total. The van der Waals surface area contributed by atoms with Crippen LogP contribution in [0.25, 0.3) is 0 Å². The molecule has 0 bridgehead atoms. The highest BCUT2D eigenvalue weighted by Gasteiger charge is 2.56. The zero-order chi connectivity index (χ0) is 98.2. The first-order valence-corrected chi connectivity index (χ1v) is 55.4. The van der Waals surface area contributed by atoms with Crippen molar-refractivity contribution in [2.24, 2.45) is 0 Å². The van der Waals surface area contributed by atoms with Crippen molar-refractivity contribution in [3.8, 4) is 5.75 Å². The van der Waals surface area contributed by atoms with E-state index in [1.807, 2.05) is 206 Å². The Morgan fingerprint density at radius 2 is 0.757 bits per heavy atom. The average molecular weight is 1950 g/mol. The van der Waals surface area contributed by atoms with E-state index in [1.54, 1.807) is 7.11 Å². The van der Waals surface area contributed by atoms with Crippen LogP contribution in [-0.2, 0) is 124 Å². The highest BCUT2D eigenvalue weighted by Crippen LogP contribution is 2.54. The van der Waals surface area contributed by atoms with Gasteiger partial charge < -0.3 is 67.5 Å². The summed E-state index contributed by atoms with van der Waals surface area (Å²) in [5.41, 5.74) is 5.08. The smallest absolute Gasteiger partial charge is 0.497 e. The highest BCUT2D eigenvalue weighted by molar-refractivity contribution is 7.48. The molecule has 7 aromatic carbocycles. The molecule has 2 N–H and O–H groups in total. The maximum absolute atomic E-state index is 16.3. The average Bonchev–Trinajstić information content (AvgIpc) is 0.751. The predicted molar refractivity (Wildman–Crippen MR) is 551 cm³/mol. The van der Waals surface area contributed by atoms with E-state index < -0.39 is 112 Å². The van der Waals surface area contributed by atoms with Gasteiger partial charge in [-0.2, -0.15) is 0 Å². The van der Waals surface area contributed by atoms with Crippen molar-refractivity contribution in [3.05, 3.63) is 245 Å². The molecule has 3 saturated heterocycles. The highest BCUT2D eigenvalue weighted by atomic mass is 31.2. The Morgan fingerprint density at radius 3 is 1.21 bits per heavy atom. The molecule has 0 spiro atoms. The SMILES string of the molecule is CCCCCCCCCCCCCCCCCC(=O)O[C@H](CCCCCCCCCCCCCCC)CC(=O)N[C@H]1[C@H](OC[C@H]2O[C@H](OP(=O)(OCc3ccccc3)OCc3ccccc3)[C@H](NC(=O)C[C@@H](CCCCCCCCCCCCCCC)OCc3ccccc3)[C@@H](OC(=O)OCc3ccccc3)[C@@H]2OCc2ccccc2)O[C@@H]2CO[C@@H](c3ccccc3)O[C@H]2[C@@H]1OCc1ccc(OC)cc1. The molecule has 0 saturated carbocycles. The fourth-order valence-corrected chi connectivity index (χ4v) is 19.9. The van der Waals surface area contributed by atoms with E-state index in [2.05, 4.69) is 31.4 Å². The second-order valence-corrected chi connectivity index (χ2v) is 40.2. The summed E-state index contributed by atoms with van der Waals surface area (Å²) in [5, 5.41) is 6.56. The first-order chi connectivity index (χ1) is 68.8. The molecule has 3 fully saturated rings. The normalized spacial score (nSPS) is 19.6. The third-order valence-corrected chi connectivity index (χ3v) is 28.2. The Morgan fingerprint density at radius 1 is 0.379 bits per heavy atom. The zero-order valence-corrected chi connectivity index (χ0v) is 85.8. The van der Waals surface area contributed by atoms with Gasteiger partial charge in [-0.15, -0.1) is 0 Å². The van der Waals surface area contributed by atoms with Crippen LogP contribution in [0.4, 0.5) is 4.79 Å². The van der Waals surface area contributed by atoms with Gasteiger partial charge in [0.05, 0.1) is 72.3 Å². The first kappa shape index (κ1) is 114. The lowest BCUT2D eigenvalue weighted by Crippen LogP contribution is -2.69. The fraction of sp³-hybridized carbons (Fsp3) is 0.607. The molecule has 0 radical (unpaired) electrons. The third kappa shape index (κ3) is 45.4. The molecular formula is C117H169N2O20P. The van der Waals surface area contributed by atoms with E-state index in [1.165, 1.54) is 180 Å². The van der Waals surface area contributed by atoms with Crippen LogP contribution in [0.5, 0.6) is 5.75 Å². The molecule has 772 valence electrons. The summed E-state index contributed by atoms with van der Waals surface area (Å²) in [4.78, 5) is 61.1. The topological polar surface area (TPSA) is 248 Å². The lowest BCUT2D eigenvalue weighted by atomic mass is 9.94. The minimum atomic E-state index is -4.97. The van der Waals surface area contributed by atoms with Crippen molar-refractivity contribution in [1.29, 1.82) is 0 Å². The summed E-state index contributed by atoms with van der Waals surface area (Å²) < 4.78 is 118. The Hall–Kier alpha value is -8.19. The minimum Gasteiger partial charge on any atom is -0.497 e. The number of carbonyl (C=O) groups is 4. The monoisotopic (exact) mass is 1950 g/mol. The van der Waals surface area contributed by atoms with Crippen molar-refractivity contribution >= 4 is 31.8 Å². The Kier molecular flexibility index (Phi) is 56.6. The van der Waals surface area contributed by atoms with Crippen LogP contribution in [0.1, 0.15) is 361 Å². The molecule has 0 aromatic heterocycles. The van der Waals surface area contributed by atoms with E-state index >= 15 is 18.9 Å². The fourth-order valence-electron chi connectivity index (χ4n) is 18.7. The van der Waals surface area contributed by atoms with Crippen LogP contribution in [0.2, 0.25) is 0 Å². The lowest BCUT2D eigenvalue weighted by molar-refractivity contribution is -0.354. The van der Waals surface area contributed by atoms with Gasteiger partial charge in [-0.25, -0.2) is 9.36 Å². The number of phosphoric acid groups is 1. The largest absolute Gasteiger partial charge is 0.509 e. The molecule has 10 rings (SSSR count). The summed E-state index contributed by atoms with van der Waals surface area (Å²) in [7, 11) is -3.36. The van der Waals surface area contributed by atoms with Gasteiger partial charge in [0.1, 0.15) is 61.1 Å². The number of unbranched alkanes of at least 4 members (excludes halogenated alkanes) is 38. The van der Waals surface area contributed by atoms with Crippen LogP contribution in [0, 0.1) is 0 Å². The van der Waals surface area contributed by atoms with Crippen molar-refractivity contribution in [3.63, 3.8) is 0 Å². The summed E-state index contributed by atoms with van der Waals surface area (Å²) in [5.74, 6) is -0.719. The number of amides is 2. The zero-order valence-electron chi connectivity index (χ0n) is 84.9. The molecule has 3 heterocycles. The number of ether oxygens (including phenoxy) is 12. The number of hydrogen-bond acceptors (Lipinski definition) is 20. The molecule has 2 amide bonds. The van der Waals surface area contributed by atoms with E-state index in [9.17, 15) is 4.79 Å². The number of nitrogens with one attached hydrogen (secondary N) is 2. The number of benzene rings is 7. The van der Waals surface area contributed by atoms with Gasteiger partial charge in [0.2, 0.25) is 11.8 Å². The van der Waals surface area contributed by atoms with Gasteiger partial charge in [-0.05, 0) is 71.2 Å². The number of hydrogen-bond donors (Lipinski definition) is 2. The Balaban J connectivity index is 0.988. The van der Waals surface area contributed by atoms with E-state index in [0.29, 0.717) is 47.3 Å². The number of carbonyl (C=O) groups excluding carboxylic acids is 4. The van der Waals surface area contributed by atoms with E-state index in [-0.39, 0.29) is 71.5 Å². The summed E-state index contributed by atoms with van der Waals surface area (Å²) in [6.45, 7) is 5.59. The minimum absolute atomic E-state index is 0.0144. The number of fused-ring (bicyclic) bond motifs is 1. The standard InChI is InChI=1S/C117H169N2O20P/c1-5-8-11-14-17-20-23-26-27-30-33-36-39-42-63-78-107(122)134-102(77-62-41-38-35-32-29-25-22-19-16-13-10-7-3)84-106(121)118-108-112(128-87-98-79-81-100(125-4)82-80-98)111-104(92-129-114(137-111)99-74-59-48-60-75-99)135-115(108)130-91-103-110(127-86-94-66-51-44-52-67-94)113(138-117(123)131-88-95-68-53-45-54-69-95)109(116(136-103)139-140(124,132-89-96-70-55-46-56-71-96)133-90-97-72-57-47-58-73-97)119-105(120)83-101(126-85-93-64-49-43-50-65-93)76-61-40-37-34-31-28-24-21-18-15-12-9-6-2/h43-60,64-75,79-82,101-104,108-116H,5-42,61-63,76-78,83-92H2,1-4H3,(H,118,121)(H,119,120)/t101-,102-,103-,104-,108-,109-,110-,111-,112-,113-,114-,115-,116-/m1/s1. The quantitative estimate of drug-likeness (QED) is 0.0204. The van der Waals surface area contributed by atoms with Crippen LogP contribution < -0.4 is 15.4 Å². The number of methoxy groups -OCH3 is 1. The van der Waals surface area contributed by atoms with Crippen molar-refractivity contribution in [1.82, 2.24) is 10.6 Å². The molecule has 3 aliphatic rings. The molecule has 7 aromatic rings. The number of phosphoric ester groups is 1. The maximum Gasteiger partial charge on any atom is 0.509 e. The second kappa shape index (κ2) is 69.7. The molecule has 0 aliphatic carbocycles. The molecule has 23 heteroatoms. The van der Waals surface area contributed by atoms with Gasteiger partial charge in [0.25, 0.3) is 0 Å². The lowest BCUT2D eigenvalue weighted by Gasteiger charge is -2.50. The van der Waals surface area contributed by atoms with Gasteiger partial charge in [0.15, 0.2) is 25.0 Å². The van der Waals surface area contributed by atoms with Gasteiger partial charge in [0, 0.05) is 12.0 Å². The molecule has 140 heavy (non-hydrogen) atoms. The van der Waals surface area contributed by atoms with Crippen molar-refractivity contribution < 1.29 is 94.2 Å². The van der Waals surface area contributed by atoms with Crippen LogP contribution >= 0.6 is 7.82 Å². The van der Waals surface area contributed by atoms with E-state index in [4.69, 9.17) is 70.4 Å². The van der Waals surface area contributed by atoms with E-state index in [0.717, 1.165) is 93.7 Å². The third-order valence-electron chi connectivity index (χ3n) is 26.8. The summed E-state index contributed by atoms with van der Waals surface area (Å²) >= 11 is 0. The Labute approximate surface area is 838 Å². The van der Waals surface area contributed by atoms with Crippen LogP contribution in [0.15, 0.2) is 206 Å². The van der Waals surface area contributed by atoms with Crippen LogP contribution in [0.3, 0.4) is 0 Å². The maximum atomic E-state index is 16.3. The summed E-state index contributed by atoms with van der Waals surface area (Å²) in [6.07, 6.45) is 34.9. The first-order valence-electron chi connectivity index (χ1n) is 54.0. The van der Waals surface area contributed by atoms with Crippen molar-refractivity contribution in [2.45, 2.75) is 436 Å². The summed E-state index contributed by atoms with van der Waals surface area (Å²) in [6, 6.07) is 60.9. The molecule has 13 atom stereocenters. The molecule has 0 unspecified atom stereocenters. The molecular weight excluding hydrogens is 1780 g/mol. The van der Waals surface area contributed by atoms with Gasteiger partial charge >= 0.3 is 19.9 Å².